The van der Waals surface area contributed by atoms with E-state index in [2.05, 4.69) is 25.9 Å². The van der Waals surface area contributed by atoms with Crippen LogP contribution in [0.5, 0.6) is 5.75 Å². The van der Waals surface area contributed by atoms with Gasteiger partial charge in [-0.3, -0.25) is 14.4 Å². The van der Waals surface area contributed by atoms with Gasteiger partial charge < -0.3 is 35.5 Å². The van der Waals surface area contributed by atoms with Crippen molar-refractivity contribution in [3.8, 4) is 5.75 Å². The molecule has 5 rings (SSSR count). The molecule has 0 aliphatic carbocycles. The fourth-order valence-corrected chi connectivity index (χ4v) is 5.98. The predicted octanol–water partition coefficient (Wildman–Crippen LogP) is 5.02. The first kappa shape index (κ1) is 38.2. The molecule has 276 valence electrons. The quantitative estimate of drug-likeness (QED) is 0.0659. The van der Waals surface area contributed by atoms with E-state index in [1.807, 2.05) is 86.6 Å². The number of aromatic nitrogens is 2. The van der Waals surface area contributed by atoms with Crippen LogP contribution in [0.25, 0.3) is 10.8 Å². The van der Waals surface area contributed by atoms with Gasteiger partial charge in [0, 0.05) is 19.0 Å². The molecular weight excluding hydrogens is 674 g/mol. The van der Waals surface area contributed by atoms with E-state index < -0.39 is 48.1 Å². The fraction of sp³-hybridized carbons (Fsp3) is 0.293. The number of hydrogen-bond acceptors (Lipinski definition) is 8. The zero-order valence-electron chi connectivity index (χ0n) is 29.7. The number of benzene rings is 4. The Hall–Kier alpha value is -6.01. The summed E-state index contributed by atoms with van der Waals surface area (Å²) in [5, 5.41) is 21.4. The van der Waals surface area contributed by atoms with Crippen molar-refractivity contribution in [2.24, 2.45) is 5.92 Å². The first-order valence-corrected chi connectivity index (χ1v) is 17.6. The molecule has 0 aliphatic rings. The van der Waals surface area contributed by atoms with E-state index in [-0.39, 0.29) is 31.8 Å². The Morgan fingerprint density at radius 3 is 2.15 bits per heavy atom. The molecule has 53 heavy (non-hydrogen) atoms. The van der Waals surface area contributed by atoms with Crippen LogP contribution in [0.4, 0.5) is 4.79 Å². The van der Waals surface area contributed by atoms with Crippen molar-refractivity contribution in [1.29, 1.82) is 0 Å². The number of amides is 3. The average Bonchev–Trinajstić information content (AvgIpc) is 3.67. The van der Waals surface area contributed by atoms with Crippen LogP contribution in [0.3, 0.4) is 0 Å². The second kappa shape index (κ2) is 19.0. The van der Waals surface area contributed by atoms with Crippen LogP contribution in [0.1, 0.15) is 43.5 Å². The molecule has 1 aromatic heterocycles. The van der Waals surface area contributed by atoms with E-state index in [1.54, 1.807) is 36.5 Å². The molecule has 0 aliphatic heterocycles. The Morgan fingerprint density at radius 2 is 1.43 bits per heavy atom. The molecule has 3 amide bonds. The number of nitrogens with zero attached hydrogens (tertiary/aromatic N) is 1. The van der Waals surface area contributed by atoms with Gasteiger partial charge >= 0.3 is 12.1 Å². The summed E-state index contributed by atoms with van der Waals surface area (Å²) in [5.41, 5.74) is 2.08. The summed E-state index contributed by atoms with van der Waals surface area (Å²) in [6, 6.07) is 28.0. The zero-order valence-corrected chi connectivity index (χ0v) is 29.7. The maximum Gasteiger partial charge on any atom is 0.408 e. The third-order valence-electron chi connectivity index (χ3n) is 8.59. The highest BCUT2D eigenvalue weighted by Gasteiger charge is 2.32. The van der Waals surface area contributed by atoms with Crippen LogP contribution in [-0.2, 0) is 38.6 Å². The van der Waals surface area contributed by atoms with Crippen molar-refractivity contribution in [2.75, 3.05) is 0 Å². The zero-order chi connectivity index (χ0) is 37.6. The molecule has 5 aromatic rings. The molecule has 4 aromatic carbocycles. The van der Waals surface area contributed by atoms with E-state index in [0.717, 1.165) is 21.9 Å². The van der Waals surface area contributed by atoms with Crippen molar-refractivity contribution < 1.29 is 33.8 Å². The van der Waals surface area contributed by atoms with Crippen LogP contribution in [-0.4, -0.2) is 63.2 Å². The Morgan fingerprint density at radius 1 is 0.774 bits per heavy atom. The number of esters is 1. The number of alkyl carbamates (subject to hydrolysis) is 1. The average molecular weight is 720 g/mol. The SMILES string of the molecule is CC(C)C[C@H](NC(=O)C(Cc1c[nH]cn1)NC(=O)[C@H](Cc1cccc2ccccc12)NC(=O)OCc1ccccc1)[C@@H](O)CC(=O)Oc1ccccc1. The summed E-state index contributed by atoms with van der Waals surface area (Å²) in [6.45, 7) is 3.85. The van der Waals surface area contributed by atoms with Gasteiger partial charge in [0.15, 0.2) is 0 Å². The lowest BCUT2D eigenvalue weighted by Crippen LogP contribution is -2.57. The highest BCUT2D eigenvalue weighted by Crippen LogP contribution is 2.21. The van der Waals surface area contributed by atoms with Gasteiger partial charge in [0.1, 0.15) is 24.4 Å². The molecule has 12 nitrogen and oxygen atoms in total. The van der Waals surface area contributed by atoms with Gasteiger partial charge in [-0.1, -0.05) is 105 Å². The number of para-hydroxylation sites is 1. The number of H-pyrrole nitrogens is 1. The van der Waals surface area contributed by atoms with E-state index in [9.17, 15) is 24.3 Å². The van der Waals surface area contributed by atoms with E-state index in [1.165, 1.54) is 6.33 Å². The van der Waals surface area contributed by atoms with Crippen LogP contribution < -0.4 is 20.7 Å². The summed E-state index contributed by atoms with van der Waals surface area (Å²) in [4.78, 5) is 61.1. The maximum atomic E-state index is 14.2. The van der Waals surface area contributed by atoms with E-state index in [4.69, 9.17) is 9.47 Å². The molecule has 0 saturated carbocycles. The highest BCUT2D eigenvalue weighted by atomic mass is 16.5. The van der Waals surface area contributed by atoms with Crippen molar-refractivity contribution in [1.82, 2.24) is 25.9 Å². The summed E-state index contributed by atoms with van der Waals surface area (Å²) in [6.07, 6.45) is 1.06. The van der Waals surface area contributed by atoms with Crippen molar-refractivity contribution >= 4 is 34.6 Å². The topological polar surface area (TPSA) is 172 Å². The number of rotatable bonds is 17. The predicted molar refractivity (Wildman–Crippen MR) is 200 cm³/mol. The molecule has 4 atom stereocenters. The minimum absolute atomic E-state index is 0.00105. The normalized spacial score (nSPS) is 13.4. The van der Waals surface area contributed by atoms with Crippen molar-refractivity contribution in [3.05, 3.63) is 132 Å². The van der Waals surface area contributed by atoms with Crippen molar-refractivity contribution in [3.63, 3.8) is 0 Å². The van der Waals surface area contributed by atoms with Gasteiger partial charge in [0.2, 0.25) is 11.8 Å². The van der Waals surface area contributed by atoms with Crippen LogP contribution >= 0.6 is 0 Å². The third-order valence-corrected chi connectivity index (χ3v) is 8.59. The first-order chi connectivity index (χ1) is 25.6. The number of fused-ring (bicyclic) bond motifs is 1. The number of carbonyl (C=O) groups excluding carboxylic acids is 4. The second-order valence-electron chi connectivity index (χ2n) is 13.2. The molecule has 0 radical (unpaired) electrons. The molecule has 0 bridgehead atoms. The van der Waals surface area contributed by atoms with Gasteiger partial charge in [0.25, 0.3) is 0 Å². The Kier molecular flexibility index (Phi) is 13.7. The summed E-state index contributed by atoms with van der Waals surface area (Å²) in [7, 11) is 0. The molecule has 5 N–H and O–H groups in total. The second-order valence-corrected chi connectivity index (χ2v) is 13.2. The molecule has 1 unspecified atom stereocenters. The number of imidazole rings is 1. The van der Waals surface area contributed by atoms with Gasteiger partial charge in [-0.25, -0.2) is 9.78 Å². The lowest BCUT2D eigenvalue weighted by molar-refractivity contribution is -0.138. The van der Waals surface area contributed by atoms with Gasteiger partial charge in [-0.2, -0.15) is 0 Å². The Bertz CT molecular complexity index is 1930. The standard InChI is InChI=1S/C41H45N5O7/c1-27(2)20-34(37(47)23-38(48)53-32-17-7-4-8-18-32)44-40(50)36(22-31-24-42-26-43-31)45-39(49)35(46-41(51)52-25-28-12-5-3-6-13-28)21-30-16-11-15-29-14-9-10-19-33(29)30/h3-19,24,26-27,34-37,47H,20-23,25H2,1-2H3,(H,42,43)(H,44,50)(H,45,49)(H,46,51)/t34-,35-,36?,37-/m0/s1. The number of nitrogens with one attached hydrogen (secondary N) is 4. The van der Waals surface area contributed by atoms with Gasteiger partial charge in [0.05, 0.1) is 30.6 Å². The largest absolute Gasteiger partial charge is 0.445 e. The lowest BCUT2D eigenvalue weighted by atomic mass is 9.96. The van der Waals surface area contributed by atoms with Crippen LogP contribution in [0.15, 0.2) is 116 Å². The highest BCUT2D eigenvalue weighted by molar-refractivity contribution is 5.93. The van der Waals surface area contributed by atoms with Crippen LogP contribution in [0, 0.1) is 5.92 Å². The molecule has 0 spiro atoms. The smallest absolute Gasteiger partial charge is 0.408 e. The van der Waals surface area contributed by atoms with Crippen molar-refractivity contribution in [2.45, 2.75) is 70.4 Å². The number of aliphatic hydroxyl groups excluding tert-OH is 1. The summed E-state index contributed by atoms with van der Waals surface area (Å²) < 4.78 is 10.8. The van der Waals surface area contributed by atoms with E-state index in [0.29, 0.717) is 17.9 Å². The molecule has 0 fully saturated rings. The lowest BCUT2D eigenvalue weighted by Gasteiger charge is -2.28. The first-order valence-electron chi connectivity index (χ1n) is 17.6. The molecule has 12 heteroatoms. The summed E-state index contributed by atoms with van der Waals surface area (Å²) in [5.74, 6) is -1.51. The number of aromatic amines is 1. The number of ether oxygens (including phenoxy) is 2. The minimum Gasteiger partial charge on any atom is -0.445 e. The van der Waals surface area contributed by atoms with E-state index >= 15 is 0 Å². The molecule has 0 saturated heterocycles. The van der Waals surface area contributed by atoms with Gasteiger partial charge in [-0.15, -0.1) is 0 Å². The molecular formula is C41H45N5O7. The van der Waals surface area contributed by atoms with Gasteiger partial charge in [-0.05, 0) is 46.4 Å². The number of hydrogen-bond donors (Lipinski definition) is 5. The number of carbonyl (C=O) groups is 4. The Labute approximate surface area is 308 Å². The monoisotopic (exact) mass is 719 g/mol. The van der Waals surface area contributed by atoms with Crippen LogP contribution in [0.2, 0.25) is 0 Å². The Balaban J connectivity index is 1.34. The maximum absolute atomic E-state index is 14.2. The number of aliphatic hydroxyl groups is 1. The molecule has 1 heterocycles. The fourth-order valence-electron chi connectivity index (χ4n) is 5.98. The third kappa shape index (κ3) is 11.8. The minimum atomic E-state index is -1.28. The summed E-state index contributed by atoms with van der Waals surface area (Å²) >= 11 is 0.